The molecule has 0 atom stereocenters. The second-order valence-corrected chi connectivity index (χ2v) is 6.68. The average molecular weight is 340 g/mol. The van der Waals surface area contributed by atoms with Gasteiger partial charge in [-0.15, -0.1) is 0 Å². The maximum Gasteiger partial charge on any atom is 0.361 e. The van der Waals surface area contributed by atoms with Crippen LogP contribution in [0.2, 0.25) is 0 Å². The molecule has 3 nitrogen and oxygen atoms in total. The number of rotatable bonds is 13. The third kappa shape index (κ3) is 16.3. The molecule has 0 saturated heterocycles. The van der Waals surface area contributed by atoms with Gasteiger partial charge in [0, 0.05) is 5.75 Å². The molecular weight excluding hydrogens is 306 g/mol. The molecule has 0 aliphatic heterocycles. The summed E-state index contributed by atoms with van der Waals surface area (Å²) in [5.41, 5.74) is 0. The number of thiol groups is 1. The van der Waals surface area contributed by atoms with Crippen LogP contribution < -0.4 is 12.4 Å². The molecule has 0 aliphatic carbocycles. The number of unbranched alkanes of at least 4 members (excludes halogenated alkanes) is 7. The largest absolute Gasteiger partial charge is 1.00 e. The van der Waals surface area contributed by atoms with E-state index >= 15 is 0 Å². The lowest BCUT2D eigenvalue weighted by molar-refractivity contribution is -0.880. The predicted octanol–water partition coefficient (Wildman–Crippen LogP) is 0.681. The third-order valence-electron chi connectivity index (χ3n) is 3.52. The van der Waals surface area contributed by atoms with Gasteiger partial charge in [-0.25, -0.2) is 4.79 Å². The summed E-state index contributed by atoms with van der Waals surface area (Å²) in [5, 5.41) is 0. The number of esters is 1. The van der Waals surface area contributed by atoms with Crippen LogP contribution in [-0.4, -0.2) is 50.0 Å². The summed E-state index contributed by atoms with van der Waals surface area (Å²) in [6.07, 6.45) is 10.1. The molecule has 0 N–H and O–H groups in total. The maximum absolute atomic E-state index is 11.7. The van der Waals surface area contributed by atoms with E-state index in [1.165, 1.54) is 44.9 Å². The fourth-order valence-corrected chi connectivity index (χ4v) is 2.71. The SMILES string of the molecule is CCCCCCCCCCOC(=O)C[N+](C)(C)CCS.[Cl-]. The fourth-order valence-electron chi connectivity index (χ4n) is 2.17. The summed E-state index contributed by atoms with van der Waals surface area (Å²) in [6.45, 7) is 4.15. The van der Waals surface area contributed by atoms with Crippen molar-refractivity contribution in [3.05, 3.63) is 0 Å². The van der Waals surface area contributed by atoms with Gasteiger partial charge in [-0.1, -0.05) is 51.9 Å². The first kappa shape index (κ1) is 23.3. The van der Waals surface area contributed by atoms with Crippen molar-refractivity contribution in [3.8, 4) is 0 Å². The Labute approximate surface area is 143 Å². The summed E-state index contributed by atoms with van der Waals surface area (Å²) in [6, 6.07) is 0. The van der Waals surface area contributed by atoms with E-state index in [-0.39, 0.29) is 18.4 Å². The number of quaternary nitrogens is 1. The van der Waals surface area contributed by atoms with Crippen LogP contribution in [0.1, 0.15) is 58.3 Å². The minimum atomic E-state index is -0.0836. The summed E-state index contributed by atoms with van der Waals surface area (Å²) in [7, 11) is 4.07. The molecule has 0 aromatic rings. The zero-order chi connectivity index (χ0) is 15.3. The first-order valence-electron chi connectivity index (χ1n) is 8.10. The lowest BCUT2D eigenvalue weighted by Crippen LogP contribution is -3.00. The maximum atomic E-state index is 11.7. The van der Waals surface area contributed by atoms with Crippen LogP contribution in [0.25, 0.3) is 0 Å². The number of halogens is 1. The van der Waals surface area contributed by atoms with Gasteiger partial charge in [0.1, 0.15) is 0 Å². The summed E-state index contributed by atoms with van der Waals surface area (Å²) in [4.78, 5) is 11.7. The Kier molecular flexibility index (Phi) is 16.7. The highest BCUT2D eigenvalue weighted by molar-refractivity contribution is 7.80. The van der Waals surface area contributed by atoms with Gasteiger partial charge in [0.25, 0.3) is 0 Å². The smallest absolute Gasteiger partial charge is 0.361 e. The normalized spacial score (nSPS) is 11.0. The van der Waals surface area contributed by atoms with E-state index in [9.17, 15) is 4.79 Å². The van der Waals surface area contributed by atoms with Gasteiger partial charge in [-0.2, -0.15) is 12.6 Å². The van der Waals surface area contributed by atoms with Crippen molar-refractivity contribution in [2.45, 2.75) is 58.3 Å². The van der Waals surface area contributed by atoms with Gasteiger partial charge in [0.15, 0.2) is 6.54 Å². The topological polar surface area (TPSA) is 26.3 Å². The predicted molar refractivity (Wildman–Crippen MR) is 89.3 cm³/mol. The van der Waals surface area contributed by atoms with Crippen LogP contribution in [0, 0.1) is 0 Å². The molecule has 0 fully saturated rings. The third-order valence-corrected chi connectivity index (χ3v) is 3.72. The van der Waals surface area contributed by atoms with Crippen molar-refractivity contribution in [1.82, 2.24) is 0 Å². The minimum absolute atomic E-state index is 0. The standard InChI is InChI=1S/C16H33NO2S.ClH/c1-4-5-6-7-8-9-10-11-13-19-16(18)15-17(2,3)12-14-20;/h4-15H2,1-3H3;1H. The fraction of sp³-hybridized carbons (Fsp3) is 0.938. The van der Waals surface area contributed by atoms with Crippen molar-refractivity contribution in [3.63, 3.8) is 0 Å². The lowest BCUT2D eigenvalue weighted by Gasteiger charge is -2.27. The zero-order valence-electron chi connectivity index (χ0n) is 14.1. The van der Waals surface area contributed by atoms with Gasteiger partial charge in [-0.3, -0.25) is 0 Å². The Morgan fingerprint density at radius 1 is 1.00 bits per heavy atom. The van der Waals surface area contributed by atoms with Crippen molar-refractivity contribution in [1.29, 1.82) is 0 Å². The molecule has 0 saturated carbocycles. The van der Waals surface area contributed by atoms with Crippen molar-refractivity contribution >= 4 is 18.6 Å². The number of likely N-dealkylation sites (N-methyl/N-ethyl adjacent to an activating group) is 1. The molecule has 0 spiro atoms. The first-order valence-corrected chi connectivity index (χ1v) is 8.73. The number of carbonyl (C=O) groups excluding carboxylic acids is 1. The van der Waals surface area contributed by atoms with Crippen molar-refractivity contribution < 1.29 is 26.4 Å². The van der Waals surface area contributed by atoms with Crippen LogP contribution in [0.5, 0.6) is 0 Å². The average Bonchev–Trinajstić information content (AvgIpc) is 2.36. The van der Waals surface area contributed by atoms with Gasteiger partial charge < -0.3 is 21.6 Å². The number of hydrogen-bond acceptors (Lipinski definition) is 3. The Morgan fingerprint density at radius 3 is 2.05 bits per heavy atom. The van der Waals surface area contributed by atoms with Gasteiger partial charge in [-0.05, 0) is 6.42 Å². The van der Waals surface area contributed by atoms with E-state index in [1.807, 2.05) is 14.1 Å². The molecule has 0 rings (SSSR count). The highest BCUT2D eigenvalue weighted by Gasteiger charge is 2.19. The molecule has 0 aliphatic rings. The molecule has 128 valence electrons. The van der Waals surface area contributed by atoms with Crippen LogP contribution in [-0.2, 0) is 9.53 Å². The molecule has 0 aromatic heterocycles. The van der Waals surface area contributed by atoms with Crippen molar-refractivity contribution in [2.75, 3.05) is 39.5 Å². The first-order chi connectivity index (χ1) is 9.52. The van der Waals surface area contributed by atoms with Crippen molar-refractivity contribution in [2.24, 2.45) is 0 Å². The van der Waals surface area contributed by atoms with Crippen LogP contribution in [0.15, 0.2) is 0 Å². The van der Waals surface area contributed by atoms with E-state index in [0.29, 0.717) is 17.6 Å². The van der Waals surface area contributed by atoms with Crippen LogP contribution >= 0.6 is 12.6 Å². The Morgan fingerprint density at radius 2 is 1.52 bits per heavy atom. The molecule has 0 amide bonds. The Bertz CT molecular complexity index is 250. The van der Waals surface area contributed by atoms with Crippen LogP contribution in [0.4, 0.5) is 0 Å². The van der Waals surface area contributed by atoms with Gasteiger partial charge in [0.05, 0.1) is 27.2 Å². The number of hydrogen-bond donors (Lipinski definition) is 1. The number of nitrogens with zero attached hydrogens (tertiary/aromatic N) is 1. The van der Waals surface area contributed by atoms with Gasteiger partial charge in [0.2, 0.25) is 0 Å². The highest BCUT2D eigenvalue weighted by Crippen LogP contribution is 2.08. The van der Waals surface area contributed by atoms with E-state index in [1.54, 1.807) is 0 Å². The van der Waals surface area contributed by atoms with E-state index < -0.39 is 0 Å². The summed E-state index contributed by atoms with van der Waals surface area (Å²) < 4.78 is 5.94. The second-order valence-electron chi connectivity index (χ2n) is 6.24. The summed E-state index contributed by atoms with van der Waals surface area (Å²) >= 11 is 4.21. The molecule has 0 aromatic carbocycles. The van der Waals surface area contributed by atoms with E-state index in [4.69, 9.17) is 4.74 Å². The van der Waals surface area contributed by atoms with Crippen LogP contribution in [0.3, 0.4) is 0 Å². The Hall–Kier alpha value is 0.0700. The van der Waals surface area contributed by atoms with E-state index in [2.05, 4.69) is 19.6 Å². The molecule has 5 heteroatoms. The molecule has 0 radical (unpaired) electrons. The number of carbonyl (C=O) groups is 1. The second kappa shape index (κ2) is 15.0. The molecule has 0 heterocycles. The molecule has 0 bridgehead atoms. The monoisotopic (exact) mass is 339 g/mol. The Balaban J connectivity index is 0. The zero-order valence-corrected chi connectivity index (χ0v) is 15.7. The minimum Gasteiger partial charge on any atom is -1.00 e. The highest BCUT2D eigenvalue weighted by atomic mass is 35.5. The van der Waals surface area contributed by atoms with E-state index in [0.717, 1.165) is 18.7 Å². The molecule has 21 heavy (non-hydrogen) atoms. The van der Waals surface area contributed by atoms with Gasteiger partial charge >= 0.3 is 5.97 Å². The number of ether oxygens (including phenoxy) is 1. The quantitative estimate of drug-likeness (QED) is 0.231. The molecule has 0 unspecified atom stereocenters. The lowest BCUT2D eigenvalue weighted by atomic mass is 10.1. The summed E-state index contributed by atoms with van der Waals surface area (Å²) in [5.74, 6) is 0.706. The molecular formula is C16H34ClNO2S.